The molecule has 0 aliphatic carbocycles. The van der Waals surface area contributed by atoms with Crippen LogP contribution in [0.1, 0.15) is 0 Å². The van der Waals surface area contributed by atoms with Crippen LogP contribution in [0.3, 0.4) is 0 Å². The number of hydrogen-bond donors (Lipinski definition) is 2. The third-order valence-electron chi connectivity index (χ3n) is 3.40. The van der Waals surface area contributed by atoms with Gasteiger partial charge in [0.1, 0.15) is 11.5 Å². The van der Waals surface area contributed by atoms with Gasteiger partial charge in [0.25, 0.3) is 0 Å². The van der Waals surface area contributed by atoms with Crippen molar-refractivity contribution in [2.45, 2.75) is 0 Å². The lowest BCUT2D eigenvalue weighted by atomic mass is 10.2. The molecule has 0 aliphatic heterocycles. The van der Waals surface area contributed by atoms with Crippen LogP contribution in [0.4, 0.5) is 15.6 Å². The van der Waals surface area contributed by atoms with E-state index in [-0.39, 0.29) is 6.03 Å². The lowest BCUT2D eigenvalue weighted by molar-refractivity contribution is 0.262. The molecule has 0 bridgehead atoms. The highest BCUT2D eigenvalue weighted by Gasteiger charge is 2.09. The number of ether oxygens (including phenoxy) is 2. The number of rotatable bonds is 5. The molecule has 1 heterocycles. The van der Waals surface area contributed by atoms with E-state index in [9.17, 15) is 4.79 Å². The van der Waals surface area contributed by atoms with Crippen molar-refractivity contribution < 1.29 is 14.3 Å². The van der Waals surface area contributed by atoms with Crippen LogP contribution in [0.15, 0.2) is 53.9 Å². The first kappa shape index (κ1) is 16.8. The zero-order valence-corrected chi connectivity index (χ0v) is 14.6. The second kappa shape index (κ2) is 7.67. The molecule has 0 aliphatic rings. The quantitative estimate of drug-likeness (QED) is 0.708. The van der Waals surface area contributed by atoms with E-state index in [1.165, 1.54) is 11.3 Å². The Balaban J connectivity index is 1.68. The lowest BCUT2D eigenvalue weighted by Crippen LogP contribution is -2.19. The van der Waals surface area contributed by atoms with Gasteiger partial charge in [0.05, 0.1) is 19.9 Å². The van der Waals surface area contributed by atoms with E-state index in [1.54, 1.807) is 32.4 Å². The van der Waals surface area contributed by atoms with Gasteiger partial charge in [0, 0.05) is 34.8 Å². The molecule has 0 atom stereocenters. The predicted octanol–water partition coefficient (Wildman–Crippen LogP) is 4.47. The Hall–Kier alpha value is -3.06. The zero-order chi connectivity index (χ0) is 17.6. The van der Waals surface area contributed by atoms with Crippen LogP contribution in [0.5, 0.6) is 11.5 Å². The smallest absolute Gasteiger partial charge is 0.325 e. The molecule has 0 fully saturated rings. The summed E-state index contributed by atoms with van der Waals surface area (Å²) in [5.74, 6) is 1.19. The maximum Gasteiger partial charge on any atom is 0.325 e. The summed E-state index contributed by atoms with van der Waals surface area (Å²) >= 11 is 1.37. The monoisotopic (exact) mass is 355 g/mol. The molecule has 6 nitrogen and oxygen atoms in total. The molecule has 0 unspecified atom stereocenters. The fourth-order valence-electron chi connectivity index (χ4n) is 2.21. The van der Waals surface area contributed by atoms with Crippen molar-refractivity contribution in [2.24, 2.45) is 0 Å². The number of methoxy groups -OCH3 is 2. The first-order chi connectivity index (χ1) is 12.2. The second-order valence-corrected chi connectivity index (χ2v) is 5.94. The van der Waals surface area contributed by atoms with Crippen molar-refractivity contribution in [3.8, 4) is 22.8 Å². The van der Waals surface area contributed by atoms with Crippen LogP contribution < -0.4 is 20.1 Å². The molecule has 2 aromatic carbocycles. The summed E-state index contributed by atoms with van der Waals surface area (Å²) in [5.41, 5.74) is 2.39. The van der Waals surface area contributed by atoms with Gasteiger partial charge < -0.3 is 14.8 Å². The van der Waals surface area contributed by atoms with E-state index in [0.717, 1.165) is 11.3 Å². The molecule has 128 valence electrons. The number of aromatic nitrogens is 1. The molecular formula is C18H17N3O3S. The molecule has 3 aromatic rings. The number of anilines is 2. The Labute approximate surface area is 149 Å². The number of hydrogen-bond acceptors (Lipinski definition) is 5. The average molecular weight is 355 g/mol. The number of benzene rings is 2. The summed E-state index contributed by atoms with van der Waals surface area (Å²) in [4.78, 5) is 16.6. The minimum atomic E-state index is -0.385. The molecule has 2 N–H and O–H groups in total. The van der Waals surface area contributed by atoms with Gasteiger partial charge in [-0.05, 0) is 0 Å². The molecule has 1 aromatic heterocycles. The summed E-state index contributed by atoms with van der Waals surface area (Å²) in [6.07, 6.45) is 0. The fraction of sp³-hybridized carbons (Fsp3) is 0.111. The van der Waals surface area contributed by atoms with Crippen molar-refractivity contribution in [3.05, 3.63) is 53.9 Å². The lowest BCUT2D eigenvalue weighted by Gasteiger charge is -2.09. The molecule has 0 spiro atoms. The van der Waals surface area contributed by atoms with Crippen molar-refractivity contribution in [1.29, 1.82) is 0 Å². The summed E-state index contributed by atoms with van der Waals surface area (Å²) in [5, 5.41) is 7.90. The van der Waals surface area contributed by atoms with Crippen LogP contribution in [-0.4, -0.2) is 25.2 Å². The van der Waals surface area contributed by atoms with E-state index in [0.29, 0.717) is 22.3 Å². The van der Waals surface area contributed by atoms with Crippen molar-refractivity contribution >= 4 is 28.2 Å². The highest BCUT2D eigenvalue weighted by molar-refractivity contribution is 7.14. The Morgan fingerprint density at radius 1 is 1.00 bits per heavy atom. The van der Waals surface area contributed by atoms with Crippen molar-refractivity contribution in [3.63, 3.8) is 0 Å². The summed E-state index contributed by atoms with van der Waals surface area (Å²) in [6.45, 7) is 0. The number of carbonyl (C=O) groups excluding carboxylic acids is 1. The van der Waals surface area contributed by atoms with Crippen LogP contribution >= 0.6 is 11.3 Å². The molecule has 3 rings (SSSR count). The van der Waals surface area contributed by atoms with Crippen LogP contribution in [0, 0.1) is 0 Å². The van der Waals surface area contributed by atoms with Crippen molar-refractivity contribution in [1.82, 2.24) is 4.98 Å². The highest BCUT2D eigenvalue weighted by Crippen LogP contribution is 2.27. The fourth-order valence-corrected chi connectivity index (χ4v) is 2.93. The van der Waals surface area contributed by atoms with Crippen LogP contribution in [0.25, 0.3) is 11.3 Å². The van der Waals surface area contributed by atoms with Gasteiger partial charge in [-0.3, -0.25) is 5.32 Å². The van der Waals surface area contributed by atoms with Gasteiger partial charge in [-0.25, -0.2) is 9.78 Å². The SMILES string of the molecule is COc1cc(NC(=O)Nc2nc(-c3ccccc3)cs2)cc(OC)c1. The average Bonchev–Trinajstić information content (AvgIpc) is 3.10. The first-order valence-electron chi connectivity index (χ1n) is 7.50. The van der Waals surface area contributed by atoms with E-state index < -0.39 is 0 Å². The first-order valence-corrected chi connectivity index (χ1v) is 8.38. The van der Waals surface area contributed by atoms with Gasteiger partial charge in [0.2, 0.25) is 0 Å². The molecule has 7 heteroatoms. The van der Waals surface area contributed by atoms with Crippen LogP contribution in [-0.2, 0) is 0 Å². The van der Waals surface area contributed by atoms with E-state index in [4.69, 9.17) is 9.47 Å². The predicted molar refractivity (Wildman–Crippen MR) is 99.7 cm³/mol. The number of amides is 2. The third kappa shape index (κ3) is 4.27. The Kier molecular flexibility index (Phi) is 5.15. The standard InChI is InChI=1S/C18H17N3O3S/c1-23-14-8-13(9-15(10-14)24-2)19-17(22)21-18-20-16(11-25-18)12-6-4-3-5-7-12/h3-11H,1-2H3,(H2,19,20,21,22). The van der Waals surface area contributed by atoms with Crippen LogP contribution in [0.2, 0.25) is 0 Å². The number of nitrogens with one attached hydrogen (secondary N) is 2. The number of nitrogens with zero attached hydrogens (tertiary/aromatic N) is 1. The van der Waals surface area contributed by atoms with Crippen molar-refractivity contribution in [2.75, 3.05) is 24.9 Å². The molecule has 0 saturated heterocycles. The molecule has 2 amide bonds. The minimum Gasteiger partial charge on any atom is -0.497 e. The highest BCUT2D eigenvalue weighted by atomic mass is 32.1. The zero-order valence-electron chi connectivity index (χ0n) is 13.8. The number of thiazole rings is 1. The Bertz CT molecular complexity index is 843. The number of carbonyl (C=O) groups is 1. The third-order valence-corrected chi connectivity index (χ3v) is 4.16. The number of urea groups is 1. The topological polar surface area (TPSA) is 72.5 Å². The summed E-state index contributed by atoms with van der Waals surface area (Å²) < 4.78 is 10.4. The molecule has 25 heavy (non-hydrogen) atoms. The van der Waals surface area contributed by atoms with Gasteiger partial charge in [-0.2, -0.15) is 0 Å². The Morgan fingerprint density at radius 3 is 2.32 bits per heavy atom. The maximum atomic E-state index is 12.2. The molecule has 0 radical (unpaired) electrons. The van der Waals surface area contributed by atoms with E-state index in [1.807, 2.05) is 35.7 Å². The van der Waals surface area contributed by atoms with Gasteiger partial charge in [-0.1, -0.05) is 30.3 Å². The molecule has 0 saturated carbocycles. The Morgan fingerprint density at radius 2 is 1.68 bits per heavy atom. The minimum absolute atomic E-state index is 0.385. The van der Waals surface area contributed by atoms with Gasteiger partial charge in [-0.15, -0.1) is 11.3 Å². The normalized spacial score (nSPS) is 10.2. The second-order valence-electron chi connectivity index (χ2n) is 5.08. The largest absolute Gasteiger partial charge is 0.497 e. The van der Waals surface area contributed by atoms with E-state index in [2.05, 4.69) is 15.6 Å². The van der Waals surface area contributed by atoms with Gasteiger partial charge >= 0.3 is 6.03 Å². The van der Waals surface area contributed by atoms with E-state index >= 15 is 0 Å². The summed E-state index contributed by atoms with van der Waals surface area (Å²) in [6, 6.07) is 14.6. The maximum absolute atomic E-state index is 12.2. The summed E-state index contributed by atoms with van der Waals surface area (Å²) in [7, 11) is 3.11. The molecular weight excluding hydrogens is 338 g/mol. The van der Waals surface area contributed by atoms with Gasteiger partial charge in [0.15, 0.2) is 5.13 Å².